The average Bonchev–Trinajstić information content (AvgIpc) is 3.22. The van der Waals surface area contributed by atoms with E-state index in [1.165, 1.54) is 4.90 Å². The van der Waals surface area contributed by atoms with Gasteiger partial charge in [-0.1, -0.05) is 23.7 Å². The number of amides is 2. The van der Waals surface area contributed by atoms with Crippen LogP contribution in [0.15, 0.2) is 24.3 Å². The molecular formula is C14H17ClN2O3. The van der Waals surface area contributed by atoms with Crippen LogP contribution in [-0.4, -0.2) is 35.1 Å². The molecule has 1 aromatic rings. The normalized spacial score (nSPS) is 15.5. The highest BCUT2D eigenvalue weighted by Gasteiger charge is 2.37. The molecule has 20 heavy (non-hydrogen) atoms. The molecule has 2 N–H and O–H groups in total. The van der Waals surface area contributed by atoms with Crippen molar-refractivity contribution in [3.8, 4) is 0 Å². The molecule has 5 nitrogen and oxygen atoms in total. The molecule has 0 aliphatic heterocycles. The maximum Gasteiger partial charge on any atom is 0.326 e. The van der Waals surface area contributed by atoms with E-state index in [0.29, 0.717) is 11.6 Å². The van der Waals surface area contributed by atoms with Crippen molar-refractivity contribution in [2.75, 3.05) is 7.05 Å². The van der Waals surface area contributed by atoms with Crippen molar-refractivity contribution < 1.29 is 14.7 Å². The largest absolute Gasteiger partial charge is 0.480 e. The van der Waals surface area contributed by atoms with Gasteiger partial charge in [-0.15, -0.1) is 0 Å². The number of nitrogens with one attached hydrogen (secondary N) is 1. The van der Waals surface area contributed by atoms with Crippen LogP contribution in [0.1, 0.15) is 18.4 Å². The minimum atomic E-state index is -0.972. The smallest absolute Gasteiger partial charge is 0.326 e. The standard InChI is InChI=1S/C14H17ClN2O3/c1-17(8-9-2-6-11(15)7-3-9)14(20)16-12(13(18)19)10-4-5-10/h2-3,6-7,10,12H,4-5,8H2,1H3,(H,16,20)(H,18,19). The summed E-state index contributed by atoms with van der Waals surface area (Å²) in [4.78, 5) is 24.5. The Bertz CT molecular complexity index is 500. The predicted octanol–water partition coefficient (Wildman–Crippen LogP) is 2.34. The van der Waals surface area contributed by atoms with E-state index in [1.807, 2.05) is 12.1 Å². The Kier molecular flexibility index (Phi) is 4.49. The van der Waals surface area contributed by atoms with Crippen LogP contribution >= 0.6 is 11.6 Å². The second kappa shape index (κ2) is 6.13. The topological polar surface area (TPSA) is 69.6 Å². The molecule has 2 rings (SSSR count). The van der Waals surface area contributed by atoms with Crippen LogP contribution in [0.4, 0.5) is 4.79 Å². The SMILES string of the molecule is CN(Cc1ccc(Cl)cc1)C(=O)NC(C(=O)O)C1CC1. The molecule has 1 aliphatic carbocycles. The third-order valence-corrected chi connectivity index (χ3v) is 3.57. The highest BCUT2D eigenvalue weighted by molar-refractivity contribution is 6.30. The van der Waals surface area contributed by atoms with Crippen LogP contribution in [0.5, 0.6) is 0 Å². The fourth-order valence-electron chi connectivity index (χ4n) is 1.99. The molecule has 0 radical (unpaired) electrons. The monoisotopic (exact) mass is 296 g/mol. The van der Waals surface area contributed by atoms with E-state index in [-0.39, 0.29) is 11.9 Å². The minimum absolute atomic E-state index is 0.0698. The zero-order chi connectivity index (χ0) is 14.7. The molecule has 0 bridgehead atoms. The van der Waals surface area contributed by atoms with Gasteiger partial charge in [-0.3, -0.25) is 0 Å². The molecule has 0 heterocycles. The van der Waals surface area contributed by atoms with E-state index in [4.69, 9.17) is 16.7 Å². The molecule has 1 atom stereocenters. The molecule has 1 aliphatic rings. The van der Waals surface area contributed by atoms with Crippen LogP contribution in [0, 0.1) is 5.92 Å². The Morgan fingerprint density at radius 1 is 1.40 bits per heavy atom. The average molecular weight is 297 g/mol. The Labute approximate surface area is 122 Å². The fourth-order valence-corrected chi connectivity index (χ4v) is 2.12. The molecule has 108 valence electrons. The summed E-state index contributed by atoms with van der Waals surface area (Å²) < 4.78 is 0. The summed E-state index contributed by atoms with van der Waals surface area (Å²) in [6, 6.07) is 6.03. The van der Waals surface area contributed by atoms with Crippen LogP contribution in [0.2, 0.25) is 5.02 Å². The Morgan fingerprint density at radius 3 is 2.50 bits per heavy atom. The summed E-state index contributed by atoms with van der Waals surface area (Å²) in [5.74, 6) is -0.902. The van der Waals surface area contributed by atoms with Crippen molar-refractivity contribution in [2.45, 2.75) is 25.4 Å². The summed E-state index contributed by atoms with van der Waals surface area (Å²) in [6.07, 6.45) is 1.72. The molecule has 1 saturated carbocycles. The lowest BCUT2D eigenvalue weighted by Crippen LogP contribution is -2.47. The summed E-state index contributed by atoms with van der Waals surface area (Å²) in [5.41, 5.74) is 0.936. The van der Waals surface area contributed by atoms with Crippen LogP contribution in [-0.2, 0) is 11.3 Å². The minimum Gasteiger partial charge on any atom is -0.480 e. The third kappa shape index (κ3) is 3.87. The molecule has 1 unspecified atom stereocenters. The number of rotatable bonds is 5. The van der Waals surface area contributed by atoms with Crippen molar-refractivity contribution in [1.82, 2.24) is 10.2 Å². The zero-order valence-corrected chi connectivity index (χ0v) is 11.9. The molecule has 1 fully saturated rings. The number of hydrogen-bond donors (Lipinski definition) is 2. The summed E-state index contributed by atoms with van der Waals surface area (Å²) in [6.45, 7) is 0.403. The molecule has 1 aromatic carbocycles. The van der Waals surface area contributed by atoms with Crippen LogP contribution < -0.4 is 5.32 Å². The molecule has 0 spiro atoms. The van der Waals surface area contributed by atoms with Crippen molar-refractivity contribution in [2.24, 2.45) is 5.92 Å². The van der Waals surface area contributed by atoms with E-state index in [1.54, 1.807) is 19.2 Å². The quantitative estimate of drug-likeness (QED) is 0.876. The van der Waals surface area contributed by atoms with Gasteiger partial charge < -0.3 is 15.3 Å². The van der Waals surface area contributed by atoms with Gasteiger partial charge in [-0.05, 0) is 36.5 Å². The Morgan fingerprint density at radius 2 is 2.00 bits per heavy atom. The lowest BCUT2D eigenvalue weighted by molar-refractivity contribution is -0.139. The van der Waals surface area contributed by atoms with Crippen molar-refractivity contribution in [3.05, 3.63) is 34.9 Å². The van der Waals surface area contributed by atoms with Crippen molar-refractivity contribution in [3.63, 3.8) is 0 Å². The first-order chi connectivity index (χ1) is 9.47. The van der Waals surface area contributed by atoms with Crippen LogP contribution in [0.25, 0.3) is 0 Å². The Hall–Kier alpha value is -1.75. The number of halogens is 1. The predicted molar refractivity (Wildman–Crippen MR) is 75.6 cm³/mol. The van der Waals surface area contributed by atoms with Gasteiger partial charge >= 0.3 is 12.0 Å². The highest BCUT2D eigenvalue weighted by atomic mass is 35.5. The number of carbonyl (C=O) groups excluding carboxylic acids is 1. The number of urea groups is 1. The van der Waals surface area contributed by atoms with E-state index < -0.39 is 12.0 Å². The Balaban J connectivity index is 1.91. The maximum absolute atomic E-state index is 12.0. The lowest BCUT2D eigenvalue weighted by atomic mass is 10.2. The van der Waals surface area contributed by atoms with Gasteiger partial charge in [0.2, 0.25) is 0 Å². The van der Waals surface area contributed by atoms with Crippen LogP contribution in [0.3, 0.4) is 0 Å². The zero-order valence-electron chi connectivity index (χ0n) is 11.2. The number of hydrogen-bond acceptors (Lipinski definition) is 2. The van der Waals surface area contributed by atoms with Gasteiger partial charge in [0.15, 0.2) is 0 Å². The second-order valence-electron chi connectivity index (χ2n) is 5.09. The number of carbonyl (C=O) groups is 2. The van der Waals surface area contributed by atoms with E-state index >= 15 is 0 Å². The number of aliphatic carboxylic acids is 1. The second-order valence-corrected chi connectivity index (χ2v) is 5.52. The maximum atomic E-state index is 12.0. The number of carboxylic acids is 1. The first-order valence-corrected chi connectivity index (χ1v) is 6.84. The van der Waals surface area contributed by atoms with E-state index in [2.05, 4.69) is 5.32 Å². The fraction of sp³-hybridized carbons (Fsp3) is 0.429. The van der Waals surface area contributed by atoms with Gasteiger partial charge in [0, 0.05) is 18.6 Å². The third-order valence-electron chi connectivity index (χ3n) is 3.32. The molecule has 2 amide bonds. The first-order valence-electron chi connectivity index (χ1n) is 6.46. The van der Waals surface area contributed by atoms with Crippen molar-refractivity contribution in [1.29, 1.82) is 0 Å². The summed E-state index contributed by atoms with van der Waals surface area (Å²) >= 11 is 5.80. The number of benzene rings is 1. The van der Waals surface area contributed by atoms with Gasteiger partial charge in [-0.2, -0.15) is 0 Å². The van der Waals surface area contributed by atoms with Gasteiger partial charge in [0.25, 0.3) is 0 Å². The van der Waals surface area contributed by atoms with Crippen molar-refractivity contribution >= 4 is 23.6 Å². The summed E-state index contributed by atoms with van der Waals surface area (Å²) in [7, 11) is 1.63. The highest BCUT2D eigenvalue weighted by Crippen LogP contribution is 2.32. The molecular weight excluding hydrogens is 280 g/mol. The van der Waals surface area contributed by atoms with Gasteiger partial charge in [-0.25, -0.2) is 9.59 Å². The lowest BCUT2D eigenvalue weighted by Gasteiger charge is -2.21. The van der Waals surface area contributed by atoms with E-state index in [0.717, 1.165) is 18.4 Å². The molecule has 0 aromatic heterocycles. The molecule has 6 heteroatoms. The van der Waals surface area contributed by atoms with Gasteiger partial charge in [0.1, 0.15) is 6.04 Å². The first kappa shape index (κ1) is 14.7. The number of nitrogens with zero attached hydrogens (tertiary/aromatic N) is 1. The van der Waals surface area contributed by atoms with E-state index in [9.17, 15) is 9.59 Å². The molecule has 0 saturated heterocycles. The van der Waals surface area contributed by atoms with Gasteiger partial charge in [0.05, 0.1) is 0 Å². The number of carboxylic acid groups (broad SMARTS) is 1. The summed E-state index contributed by atoms with van der Waals surface area (Å²) in [5, 5.41) is 12.3.